The van der Waals surface area contributed by atoms with Crippen LogP contribution in [-0.2, 0) is 0 Å². The maximum Gasteiger partial charge on any atom is 0.349 e. The number of carbonyl (C=O) groups is 2. The second-order valence-electron chi connectivity index (χ2n) is 7.06. The highest BCUT2D eigenvalue weighted by Gasteiger charge is 2.38. The zero-order valence-corrected chi connectivity index (χ0v) is 14.2. The lowest BCUT2D eigenvalue weighted by Crippen LogP contribution is -2.56. The third kappa shape index (κ3) is 3.93. The fraction of sp³-hybridized carbons (Fsp3) is 0.571. The third-order valence-corrected chi connectivity index (χ3v) is 2.98. The first-order valence-corrected chi connectivity index (χ1v) is 6.96. The maximum absolute atomic E-state index is 12.7. The van der Waals surface area contributed by atoms with Crippen LogP contribution in [-0.4, -0.2) is 38.6 Å². The van der Waals surface area contributed by atoms with Gasteiger partial charge in [0.05, 0.1) is 5.54 Å². The minimum atomic E-state index is -1.13. The molecular weight excluding hydrogens is 304 g/mol. The van der Waals surface area contributed by atoms with Crippen LogP contribution in [0.15, 0.2) is 16.9 Å². The molecule has 0 unspecified atom stereocenters. The van der Waals surface area contributed by atoms with E-state index >= 15 is 0 Å². The fourth-order valence-electron chi connectivity index (χ4n) is 1.86. The Morgan fingerprint density at radius 3 is 1.87 bits per heavy atom. The van der Waals surface area contributed by atoms with E-state index in [2.05, 4.69) is 0 Å². The number of hydrogen-bond donors (Lipinski definition) is 3. The predicted octanol–water partition coefficient (Wildman–Crippen LogP) is 2.77. The van der Waals surface area contributed by atoms with Gasteiger partial charge >= 0.3 is 12.1 Å². The molecule has 9 nitrogen and oxygen atoms in total. The van der Waals surface area contributed by atoms with Crippen LogP contribution in [0.25, 0.3) is 0 Å². The molecule has 0 saturated carbocycles. The van der Waals surface area contributed by atoms with Gasteiger partial charge in [-0.2, -0.15) is 5.06 Å². The number of hydroxylamine groups is 3. The zero-order chi connectivity index (χ0) is 18.2. The van der Waals surface area contributed by atoms with E-state index in [-0.39, 0.29) is 16.4 Å². The Morgan fingerprint density at radius 1 is 1.00 bits per heavy atom. The maximum atomic E-state index is 12.7. The van der Waals surface area contributed by atoms with Crippen molar-refractivity contribution in [2.45, 2.75) is 52.6 Å². The Balaban J connectivity index is 3.39. The summed E-state index contributed by atoms with van der Waals surface area (Å²) in [6.07, 6.45) is 2.26. The summed E-state index contributed by atoms with van der Waals surface area (Å²) in [4.78, 5) is 25.1. The van der Waals surface area contributed by atoms with Gasteiger partial charge < -0.3 is 10.2 Å². The summed E-state index contributed by atoms with van der Waals surface area (Å²) >= 11 is 0. The van der Waals surface area contributed by atoms with Crippen LogP contribution in [0.5, 0.6) is 0 Å². The number of urea groups is 2. The Bertz CT molecular complexity index is 585. The highest BCUT2D eigenvalue weighted by molar-refractivity contribution is 6.00. The molecule has 1 aromatic heterocycles. The number of furan rings is 1. The van der Waals surface area contributed by atoms with E-state index in [0.29, 0.717) is 5.06 Å². The molecule has 0 aliphatic heterocycles. The second-order valence-corrected chi connectivity index (χ2v) is 7.06. The monoisotopic (exact) mass is 328 g/mol. The van der Waals surface area contributed by atoms with E-state index in [0.717, 1.165) is 6.26 Å². The van der Waals surface area contributed by atoms with Crippen LogP contribution in [0, 0.1) is 0 Å². The van der Waals surface area contributed by atoms with Crippen LogP contribution >= 0.6 is 0 Å². The highest BCUT2D eigenvalue weighted by Crippen LogP contribution is 2.35. The van der Waals surface area contributed by atoms with Crippen molar-refractivity contribution >= 4 is 23.4 Å². The topological polar surface area (TPSA) is 123 Å². The van der Waals surface area contributed by atoms with Gasteiger partial charge in [-0.3, -0.25) is 15.3 Å². The first-order chi connectivity index (χ1) is 10.3. The molecule has 4 N–H and O–H groups in total. The van der Waals surface area contributed by atoms with Gasteiger partial charge in [0.2, 0.25) is 0 Å². The van der Waals surface area contributed by atoms with Crippen molar-refractivity contribution in [2.75, 3.05) is 9.96 Å². The van der Waals surface area contributed by atoms with Crippen molar-refractivity contribution < 1.29 is 24.4 Å². The molecule has 1 heterocycles. The van der Waals surface area contributed by atoms with Crippen molar-refractivity contribution in [2.24, 2.45) is 5.73 Å². The summed E-state index contributed by atoms with van der Waals surface area (Å²) in [5, 5.41) is 20.7. The molecule has 0 fully saturated rings. The summed E-state index contributed by atoms with van der Waals surface area (Å²) in [7, 11) is 0. The van der Waals surface area contributed by atoms with Gasteiger partial charge in [-0.25, -0.2) is 14.7 Å². The van der Waals surface area contributed by atoms with E-state index in [1.807, 2.05) is 0 Å². The molecule has 0 spiro atoms. The molecule has 130 valence electrons. The number of primary amides is 1. The Morgan fingerprint density at radius 2 is 1.48 bits per heavy atom. The number of hydrogen-bond acceptors (Lipinski definition) is 5. The number of rotatable bonds is 2. The van der Waals surface area contributed by atoms with Crippen LogP contribution in [0.2, 0.25) is 0 Å². The van der Waals surface area contributed by atoms with Gasteiger partial charge in [-0.15, -0.1) is 0 Å². The van der Waals surface area contributed by atoms with Gasteiger partial charge in [0.15, 0.2) is 0 Å². The number of anilines is 2. The van der Waals surface area contributed by atoms with Gasteiger partial charge in [0.1, 0.15) is 23.9 Å². The predicted molar refractivity (Wildman–Crippen MR) is 83.6 cm³/mol. The molecule has 0 saturated heterocycles. The Labute approximate surface area is 134 Å². The molecule has 4 amide bonds. The number of nitrogens with zero attached hydrogens (tertiary/aromatic N) is 3. The molecule has 1 rings (SSSR count). The van der Waals surface area contributed by atoms with Gasteiger partial charge in [-0.05, 0) is 41.5 Å². The van der Waals surface area contributed by atoms with Crippen molar-refractivity contribution in [3.05, 3.63) is 12.5 Å². The molecule has 0 aliphatic rings. The van der Waals surface area contributed by atoms with Gasteiger partial charge in [0.25, 0.3) is 0 Å². The lowest BCUT2D eigenvalue weighted by atomic mass is 10.0. The zero-order valence-electron chi connectivity index (χ0n) is 14.2. The van der Waals surface area contributed by atoms with Gasteiger partial charge in [-0.1, -0.05) is 0 Å². The molecule has 0 radical (unpaired) electrons. The van der Waals surface area contributed by atoms with Crippen molar-refractivity contribution in [1.82, 2.24) is 5.06 Å². The third-order valence-electron chi connectivity index (χ3n) is 2.98. The van der Waals surface area contributed by atoms with Crippen LogP contribution in [0.3, 0.4) is 0 Å². The Hall–Kier alpha value is -2.26. The molecule has 0 aromatic carbocycles. The van der Waals surface area contributed by atoms with E-state index in [9.17, 15) is 20.0 Å². The number of carbonyl (C=O) groups excluding carboxylic acids is 2. The molecule has 0 bridgehead atoms. The van der Waals surface area contributed by atoms with E-state index in [1.54, 1.807) is 41.5 Å². The standard InChI is InChI=1S/C14H24N4O5/c1-13(2,3)16(12(20)18(22)14(4,5)6)9-7-23-8-10(9)17(21)11(15)19/h7-8,21-22H,1-6H3,(H2,15,19). The van der Waals surface area contributed by atoms with Gasteiger partial charge in [0, 0.05) is 5.54 Å². The van der Waals surface area contributed by atoms with Crippen molar-refractivity contribution in [3.63, 3.8) is 0 Å². The minimum absolute atomic E-state index is 0.0899. The first kappa shape index (κ1) is 18.8. The average molecular weight is 328 g/mol. The molecule has 0 aliphatic carbocycles. The highest BCUT2D eigenvalue weighted by atomic mass is 16.5. The summed E-state index contributed by atoms with van der Waals surface area (Å²) in [5.41, 5.74) is 3.38. The van der Waals surface area contributed by atoms with E-state index in [4.69, 9.17) is 10.2 Å². The normalized spacial score (nSPS) is 12.0. The molecule has 0 atom stereocenters. The second kappa shape index (κ2) is 6.09. The van der Waals surface area contributed by atoms with Crippen molar-refractivity contribution in [3.8, 4) is 0 Å². The smallest absolute Gasteiger partial charge is 0.349 e. The molecule has 23 heavy (non-hydrogen) atoms. The molecule has 1 aromatic rings. The number of nitrogens with two attached hydrogens (primary N) is 1. The fourth-order valence-corrected chi connectivity index (χ4v) is 1.86. The van der Waals surface area contributed by atoms with E-state index in [1.165, 1.54) is 11.2 Å². The number of amides is 4. The summed E-state index contributed by atoms with van der Waals surface area (Å²) in [6.45, 7) is 10.1. The summed E-state index contributed by atoms with van der Waals surface area (Å²) < 4.78 is 5.01. The lowest BCUT2D eigenvalue weighted by Gasteiger charge is -2.40. The quantitative estimate of drug-likeness (QED) is 0.569. The Kier molecular flexibility index (Phi) is 4.97. The van der Waals surface area contributed by atoms with E-state index < -0.39 is 23.1 Å². The van der Waals surface area contributed by atoms with Crippen LogP contribution in [0.4, 0.5) is 21.0 Å². The summed E-state index contributed by atoms with van der Waals surface area (Å²) in [6, 6.07) is -1.88. The largest absolute Gasteiger partial charge is 0.468 e. The van der Waals surface area contributed by atoms with Crippen molar-refractivity contribution in [1.29, 1.82) is 0 Å². The molecular formula is C14H24N4O5. The average Bonchev–Trinajstić information content (AvgIpc) is 2.82. The summed E-state index contributed by atoms with van der Waals surface area (Å²) in [5.74, 6) is 0. The minimum Gasteiger partial charge on any atom is -0.468 e. The first-order valence-electron chi connectivity index (χ1n) is 6.96. The SMILES string of the molecule is CC(C)(C)N(O)C(=O)N(c1cocc1N(O)C(N)=O)C(C)(C)C. The van der Waals surface area contributed by atoms with Crippen LogP contribution < -0.4 is 15.7 Å². The van der Waals surface area contributed by atoms with Crippen LogP contribution in [0.1, 0.15) is 41.5 Å². The molecule has 9 heteroatoms. The lowest BCUT2D eigenvalue weighted by molar-refractivity contribution is -0.105.